The molecule has 6 heteroatoms. The second-order valence-corrected chi connectivity index (χ2v) is 7.63. The molecule has 1 aromatic carbocycles. The maximum Gasteiger partial charge on any atom is 0.321 e. The Bertz CT molecular complexity index is 883. The van der Waals surface area contributed by atoms with Crippen molar-refractivity contribution in [3.05, 3.63) is 48.3 Å². The number of hydrogen-bond donors (Lipinski definition) is 2. The van der Waals surface area contributed by atoms with Crippen molar-refractivity contribution in [2.24, 2.45) is 11.3 Å². The number of benzene rings is 1. The van der Waals surface area contributed by atoms with Crippen molar-refractivity contribution in [3.8, 4) is 11.1 Å². The van der Waals surface area contributed by atoms with Gasteiger partial charge in [-0.2, -0.15) is 0 Å². The molecule has 1 aromatic heterocycles. The number of urea groups is 1. The number of fused-ring (bicyclic) bond motifs is 1. The highest BCUT2D eigenvalue weighted by molar-refractivity contribution is 5.92. The number of likely N-dealkylation sites (tertiary alicyclic amines) is 1. The number of aliphatic carboxylic acids is 1. The van der Waals surface area contributed by atoms with Crippen LogP contribution in [0.25, 0.3) is 11.1 Å². The summed E-state index contributed by atoms with van der Waals surface area (Å²) < 4.78 is 0. The van der Waals surface area contributed by atoms with E-state index in [1.165, 1.54) is 0 Å². The molecule has 2 amide bonds. The highest BCUT2D eigenvalue weighted by Gasteiger charge is 2.55. The van der Waals surface area contributed by atoms with Crippen molar-refractivity contribution >= 4 is 17.7 Å². The number of rotatable bonds is 3. The number of carboxylic acid groups (broad SMARTS) is 1. The minimum absolute atomic E-state index is 0.0589. The van der Waals surface area contributed by atoms with Gasteiger partial charge in [0, 0.05) is 36.7 Å². The minimum Gasteiger partial charge on any atom is -0.481 e. The van der Waals surface area contributed by atoms with E-state index in [9.17, 15) is 14.7 Å². The maximum absolute atomic E-state index is 12.8. The standard InChI is InChI=1S/C21H23N3O3/c1-14-6-7-15(16-4-3-9-22-11-16)10-18(14)23-20(27)24-12-17-5-2-8-21(17,13-24)19(25)26/h3-4,6-7,9-11,17H,2,5,8,12-13H2,1H3,(H,23,27)(H,25,26)/t17-,21+/m0/s1. The fourth-order valence-electron chi connectivity index (χ4n) is 4.46. The molecule has 140 valence electrons. The summed E-state index contributed by atoms with van der Waals surface area (Å²) in [6.07, 6.45) is 5.98. The molecule has 2 aromatic rings. The third-order valence-electron chi connectivity index (χ3n) is 6.06. The smallest absolute Gasteiger partial charge is 0.321 e. The summed E-state index contributed by atoms with van der Waals surface area (Å²) in [7, 11) is 0. The molecule has 0 bridgehead atoms. The number of aryl methyl sites for hydroxylation is 1. The zero-order valence-electron chi connectivity index (χ0n) is 15.3. The summed E-state index contributed by atoms with van der Waals surface area (Å²) in [6, 6.07) is 9.53. The molecule has 6 nitrogen and oxygen atoms in total. The summed E-state index contributed by atoms with van der Waals surface area (Å²) in [5, 5.41) is 12.7. The van der Waals surface area contributed by atoms with Crippen LogP contribution in [-0.4, -0.2) is 40.1 Å². The van der Waals surface area contributed by atoms with Gasteiger partial charge in [-0.25, -0.2) is 4.79 Å². The molecule has 2 heterocycles. The van der Waals surface area contributed by atoms with E-state index in [4.69, 9.17) is 0 Å². The van der Waals surface area contributed by atoms with Crippen LogP contribution in [0.2, 0.25) is 0 Å². The zero-order chi connectivity index (χ0) is 19.0. The Hall–Kier alpha value is -2.89. The van der Waals surface area contributed by atoms with E-state index in [2.05, 4.69) is 10.3 Å². The number of carbonyl (C=O) groups excluding carboxylic acids is 1. The predicted octanol–water partition coefficient (Wildman–Crippen LogP) is 3.78. The average molecular weight is 365 g/mol. The summed E-state index contributed by atoms with van der Waals surface area (Å²) in [6.45, 7) is 2.75. The number of pyridine rings is 1. The Morgan fingerprint density at radius 3 is 2.85 bits per heavy atom. The average Bonchev–Trinajstić information content (AvgIpc) is 3.23. The van der Waals surface area contributed by atoms with Crippen LogP contribution in [0.15, 0.2) is 42.7 Å². The van der Waals surface area contributed by atoms with Crippen LogP contribution < -0.4 is 5.32 Å². The quantitative estimate of drug-likeness (QED) is 0.867. The van der Waals surface area contributed by atoms with Gasteiger partial charge in [-0.05, 0) is 48.9 Å². The third kappa shape index (κ3) is 3.05. The lowest BCUT2D eigenvalue weighted by atomic mass is 9.81. The largest absolute Gasteiger partial charge is 0.481 e. The molecule has 2 fully saturated rings. The number of anilines is 1. The fourth-order valence-corrected chi connectivity index (χ4v) is 4.46. The van der Waals surface area contributed by atoms with E-state index in [1.807, 2.05) is 37.3 Å². The highest BCUT2D eigenvalue weighted by Crippen LogP contribution is 2.49. The first kappa shape index (κ1) is 17.5. The molecule has 1 aliphatic carbocycles. The zero-order valence-corrected chi connectivity index (χ0v) is 15.3. The van der Waals surface area contributed by atoms with Crippen molar-refractivity contribution in [2.45, 2.75) is 26.2 Å². The van der Waals surface area contributed by atoms with E-state index >= 15 is 0 Å². The topological polar surface area (TPSA) is 82.5 Å². The first-order chi connectivity index (χ1) is 13.0. The van der Waals surface area contributed by atoms with Gasteiger partial charge in [0.2, 0.25) is 0 Å². The van der Waals surface area contributed by atoms with E-state index in [1.54, 1.807) is 17.3 Å². The van der Waals surface area contributed by atoms with Crippen LogP contribution >= 0.6 is 0 Å². The Kier molecular flexibility index (Phi) is 4.34. The monoisotopic (exact) mass is 365 g/mol. The van der Waals surface area contributed by atoms with Gasteiger partial charge in [0.1, 0.15) is 0 Å². The normalized spacial score (nSPS) is 23.9. The van der Waals surface area contributed by atoms with Gasteiger partial charge in [-0.15, -0.1) is 0 Å². The van der Waals surface area contributed by atoms with Gasteiger partial charge in [0.15, 0.2) is 0 Å². The van der Waals surface area contributed by atoms with Crippen LogP contribution in [0.1, 0.15) is 24.8 Å². The first-order valence-electron chi connectivity index (χ1n) is 9.30. The molecule has 27 heavy (non-hydrogen) atoms. The van der Waals surface area contributed by atoms with Gasteiger partial charge in [-0.3, -0.25) is 9.78 Å². The fraction of sp³-hybridized carbons (Fsp3) is 0.381. The SMILES string of the molecule is Cc1ccc(-c2cccnc2)cc1NC(=O)N1C[C@@H]2CCC[C@@]2(C(=O)O)C1. The van der Waals surface area contributed by atoms with Crippen molar-refractivity contribution < 1.29 is 14.7 Å². The van der Waals surface area contributed by atoms with Crippen molar-refractivity contribution in [1.29, 1.82) is 0 Å². The molecule has 2 N–H and O–H groups in total. The van der Waals surface area contributed by atoms with Crippen LogP contribution in [0, 0.1) is 18.3 Å². The van der Waals surface area contributed by atoms with E-state index in [0.29, 0.717) is 19.5 Å². The second-order valence-electron chi connectivity index (χ2n) is 7.63. The number of hydrogen-bond acceptors (Lipinski definition) is 3. The Morgan fingerprint density at radius 2 is 2.15 bits per heavy atom. The van der Waals surface area contributed by atoms with Crippen LogP contribution in [0.3, 0.4) is 0 Å². The molecule has 2 atom stereocenters. The molecule has 4 rings (SSSR count). The van der Waals surface area contributed by atoms with Crippen LogP contribution in [0.5, 0.6) is 0 Å². The molecule has 1 saturated carbocycles. The lowest BCUT2D eigenvalue weighted by molar-refractivity contribution is -0.149. The van der Waals surface area contributed by atoms with Gasteiger partial charge >= 0.3 is 12.0 Å². The Labute approximate surface area is 158 Å². The summed E-state index contributed by atoms with van der Waals surface area (Å²) in [5.41, 5.74) is 2.90. The minimum atomic E-state index is -0.768. The van der Waals surface area contributed by atoms with Gasteiger partial charge < -0.3 is 15.3 Å². The van der Waals surface area contributed by atoms with E-state index < -0.39 is 11.4 Å². The molecule has 2 aliphatic rings. The second kappa shape index (κ2) is 6.68. The van der Waals surface area contributed by atoms with E-state index in [-0.39, 0.29) is 11.9 Å². The lowest BCUT2D eigenvalue weighted by Crippen LogP contribution is -2.38. The van der Waals surface area contributed by atoms with Crippen LogP contribution in [-0.2, 0) is 4.79 Å². The first-order valence-corrected chi connectivity index (χ1v) is 9.30. The third-order valence-corrected chi connectivity index (χ3v) is 6.06. The summed E-state index contributed by atoms with van der Waals surface area (Å²) >= 11 is 0. The number of amides is 2. The molecular weight excluding hydrogens is 342 g/mol. The molecular formula is C21H23N3O3. The Balaban J connectivity index is 1.53. The number of carboxylic acids is 1. The van der Waals surface area contributed by atoms with Crippen LogP contribution in [0.4, 0.5) is 10.5 Å². The summed E-state index contributed by atoms with van der Waals surface area (Å²) in [4.78, 5) is 30.4. The molecule has 0 spiro atoms. The predicted molar refractivity (Wildman–Crippen MR) is 102 cm³/mol. The highest BCUT2D eigenvalue weighted by atomic mass is 16.4. The number of nitrogens with zero attached hydrogens (tertiary/aromatic N) is 2. The number of aromatic nitrogens is 1. The maximum atomic E-state index is 12.8. The molecule has 1 aliphatic heterocycles. The lowest BCUT2D eigenvalue weighted by Gasteiger charge is -2.23. The van der Waals surface area contributed by atoms with Crippen molar-refractivity contribution in [2.75, 3.05) is 18.4 Å². The summed E-state index contributed by atoms with van der Waals surface area (Å²) in [5.74, 6) is -0.710. The van der Waals surface area contributed by atoms with Gasteiger partial charge in [0.05, 0.1) is 5.41 Å². The molecule has 0 unspecified atom stereocenters. The van der Waals surface area contributed by atoms with Crippen molar-refractivity contribution in [1.82, 2.24) is 9.88 Å². The molecule has 0 radical (unpaired) electrons. The number of carbonyl (C=O) groups is 2. The van der Waals surface area contributed by atoms with E-state index in [0.717, 1.165) is 35.2 Å². The Morgan fingerprint density at radius 1 is 1.30 bits per heavy atom. The van der Waals surface area contributed by atoms with Crippen molar-refractivity contribution in [3.63, 3.8) is 0 Å². The van der Waals surface area contributed by atoms with Gasteiger partial charge in [0.25, 0.3) is 0 Å². The number of nitrogens with one attached hydrogen (secondary N) is 1. The molecule has 1 saturated heterocycles. The van der Waals surface area contributed by atoms with Gasteiger partial charge in [-0.1, -0.05) is 24.6 Å².